The van der Waals surface area contributed by atoms with E-state index in [-0.39, 0.29) is 10.7 Å². The molecule has 120 valence electrons. The summed E-state index contributed by atoms with van der Waals surface area (Å²) in [5.41, 5.74) is 1.96. The van der Waals surface area contributed by atoms with Crippen molar-refractivity contribution in [2.45, 2.75) is 11.3 Å². The molecule has 3 rings (SSSR count). The van der Waals surface area contributed by atoms with Crippen LogP contribution in [0.3, 0.4) is 0 Å². The summed E-state index contributed by atoms with van der Waals surface area (Å²) < 4.78 is 39.6. The van der Waals surface area contributed by atoms with Crippen molar-refractivity contribution in [3.63, 3.8) is 0 Å². The molecule has 0 N–H and O–H groups in total. The summed E-state index contributed by atoms with van der Waals surface area (Å²) in [5, 5.41) is 0.501. The molecule has 0 spiro atoms. The molecule has 0 unspecified atom stereocenters. The quantitative estimate of drug-likeness (QED) is 0.839. The topological polar surface area (TPSA) is 37.4 Å². The van der Waals surface area contributed by atoms with Crippen LogP contribution in [0.4, 0.5) is 4.39 Å². The van der Waals surface area contributed by atoms with Crippen LogP contribution in [0.25, 0.3) is 5.57 Å². The van der Waals surface area contributed by atoms with Gasteiger partial charge in [-0.1, -0.05) is 29.8 Å². The Bertz CT molecular complexity index is 830. The van der Waals surface area contributed by atoms with Gasteiger partial charge in [0.1, 0.15) is 5.82 Å². The molecule has 1 heterocycles. The number of hydrogen-bond acceptors (Lipinski definition) is 2. The number of hydrogen-bond donors (Lipinski definition) is 0. The number of nitrogens with zero attached hydrogens (tertiary/aromatic N) is 1. The van der Waals surface area contributed by atoms with Gasteiger partial charge in [-0.15, -0.1) is 0 Å². The summed E-state index contributed by atoms with van der Waals surface area (Å²) in [7, 11) is -3.52. The minimum atomic E-state index is -3.52. The molecule has 0 saturated heterocycles. The Morgan fingerprint density at radius 2 is 1.65 bits per heavy atom. The lowest BCUT2D eigenvalue weighted by molar-refractivity contribution is 0.441. The second kappa shape index (κ2) is 6.43. The van der Waals surface area contributed by atoms with Crippen LogP contribution in [0, 0.1) is 5.82 Å². The van der Waals surface area contributed by atoms with Crippen molar-refractivity contribution in [3.8, 4) is 0 Å². The van der Waals surface area contributed by atoms with Gasteiger partial charge in [-0.25, -0.2) is 12.8 Å². The zero-order chi connectivity index (χ0) is 16.4. The van der Waals surface area contributed by atoms with Crippen molar-refractivity contribution in [2.75, 3.05) is 13.1 Å². The number of benzene rings is 2. The maximum absolute atomic E-state index is 13.0. The van der Waals surface area contributed by atoms with Crippen LogP contribution in [0.15, 0.2) is 59.5 Å². The standard InChI is InChI=1S/C17H15ClFNO2S/c18-15-3-7-17(8-4-15)23(21,22)20-11-9-14(10-12-20)13-1-5-16(19)6-2-13/h1-9H,10-12H2. The maximum atomic E-state index is 13.0. The van der Waals surface area contributed by atoms with E-state index in [1.807, 2.05) is 6.08 Å². The van der Waals surface area contributed by atoms with Gasteiger partial charge in [0, 0.05) is 18.1 Å². The molecule has 0 aromatic heterocycles. The Hall–Kier alpha value is -1.69. The fraction of sp³-hybridized carbons (Fsp3) is 0.176. The summed E-state index contributed by atoms with van der Waals surface area (Å²) in [6.07, 6.45) is 2.47. The highest BCUT2D eigenvalue weighted by Crippen LogP contribution is 2.26. The average Bonchev–Trinajstić information content (AvgIpc) is 2.56. The summed E-state index contributed by atoms with van der Waals surface area (Å²) >= 11 is 5.80. The van der Waals surface area contributed by atoms with Crippen molar-refractivity contribution in [1.82, 2.24) is 4.31 Å². The summed E-state index contributed by atoms with van der Waals surface area (Å²) in [4.78, 5) is 0.237. The molecule has 6 heteroatoms. The molecule has 23 heavy (non-hydrogen) atoms. The second-order valence-corrected chi connectivity index (χ2v) is 7.68. The highest BCUT2D eigenvalue weighted by Gasteiger charge is 2.26. The van der Waals surface area contributed by atoms with Gasteiger partial charge in [-0.3, -0.25) is 0 Å². The molecule has 3 nitrogen and oxygen atoms in total. The van der Waals surface area contributed by atoms with Crippen LogP contribution in [0.5, 0.6) is 0 Å². The minimum absolute atomic E-state index is 0.237. The van der Waals surface area contributed by atoms with Gasteiger partial charge < -0.3 is 0 Å². The molecule has 0 saturated carbocycles. The van der Waals surface area contributed by atoms with E-state index in [2.05, 4.69) is 0 Å². The smallest absolute Gasteiger partial charge is 0.207 e. The van der Waals surface area contributed by atoms with E-state index in [0.717, 1.165) is 11.1 Å². The van der Waals surface area contributed by atoms with E-state index in [4.69, 9.17) is 11.6 Å². The van der Waals surface area contributed by atoms with Crippen LogP contribution in [0.2, 0.25) is 5.02 Å². The zero-order valence-electron chi connectivity index (χ0n) is 12.2. The third kappa shape index (κ3) is 3.47. The molecule has 0 amide bonds. The fourth-order valence-corrected chi connectivity index (χ4v) is 4.06. The number of halogens is 2. The fourth-order valence-electron chi connectivity index (χ4n) is 2.55. The number of rotatable bonds is 3. The molecule has 0 atom stereocenters. The van der Waals surface area contributed by atoms with Crippen LogP contribution >= 0.6 is 11.6 Å². The molecular formula is C17H15ClFNO2S. The van der Waals surface area contributed by atoms with Crippen LogP contribution in [0.1, 0.15) is 12.0 Å². The van der Waals surface area contributed by atoms with Gasteiger partial charge in [0.25, 0.3) is 0 Å². The first-order valence-electron chi connectivity index (χ1n) is 7.17. The van der Waals surface area contributed by atoms with Crippen molar-refractivity contribution in [2.24, 2.45) is 0 Å². The van der Waals surface area contributed by atoms with Gasteiger partial charge in [0.05, 0.1) is 4.90 Å². The van der Waals surface area contributed by atoms with Crippen molar-refractivity contribution in [1.29, 1.82) is 0 Å². The Morgan fingerprint density at radius 3 is 2.22 bits per heavy atom. The van der Waals surface area contributed by atoms with Gasteiger partial charge in [0.15, 0.2) is 0 Å². The largest absolute Gasteiger partial charge is 0.243 e. The summed E-state index contributed by atoms with van der Waals surface area (Å²) in [5.74, 6) is -0.280. The van der Waals surface area contributed by atoms with E-state index < -0.39 is 10.0 Å². The van der Waals surface area contributed by atoms with Crippen molar-refractivity contribution in [3.05, 3.63) is 71.0 Å². The number of sulfonamides is 1. The molecule has 0 fully saturated rings. The van der Waals surface area contributed by atoms with Gasteiger partial charge in [-0.05, 0) is 54.0 Å². The molecular weight excluding hydrogens is 337 g/mol. The van der Waals surface area contributed by atoms with Gasteiger partial charge in [-0.2, -0.15) is 4.31 Å². The Morgan fingerprint density at radius 1 is 1.00 bits per heavy atom. The predicted molar refractivity (Wildman–Crippen MR) is 89.2 cm³/mol. The van der Waals surface area contributed by atoms with Crippen LogP contribution in [-0.4, -0.2) is 25.8 Å². The Kier molecular flexibility index (Phi) is 4.53. The third-order valence-electron chi connectivity index (χ3n) is 3.84. The van der Waals surface area contributed by atoms with Crippen molar-refractivity contribution >= 4 is 27.2 Å². The average molecular weight is 352 g/mol. The molecule has 1 aliphatic rings. The molecule has 2 aromatic rings. The van der Waals surface area contributed by atoms with E-state index in [9.17, 15) is 12.8 Å². The lowest BCUT2D eigenvalue weighted by Gasteiger charge is -2.26. The normalized spacial score (nSPS) is 16.2. The summed E-state index contributed by atoms with van der Waals surface area (Å²) in [6.45, 7) is 0.700. The maximum Gasteiger partial charge on any atom is 0.243 e. The first-order chi connectivity index (χ1) is 11.0. The predicted octanol–water partition coefficient (Wildman–Crippen LogP) is 3.96. The molecule has 0 radical (unpaired) electrons. The summed E-state index contributed by atoms with van der Waals surface area (Å²) in [6, 6.07) is 12.4. The van der Waals surface area contributed by atoms with Crippen LogP contribution < -0.4 is 0 Å². The monoisotopic (exact) mass is 351 g/mol. The van der Waals surface area contributed by atoms with E-state index >= 15 is 0 Å². The van der Waals surface area contributed by atoms with Crippen molar-refractivity contribution < 1.29 is 12.8 Å². The molecule has 0 bridgehead atoms. The first-order valence-corrected chi connectivity index (χ1v) is 8.99. The van der Waals surface area contributed by atoms with Crippen LogP contribution in [-0.2, 0) is 10.0 Å². The zero-order valence-corrected chi connectivity index (χ0v) is 13.8. The first kappa shape index (κ1) is 16.2. The second-order valence-electron chi connectivity index (χ2n) is 5.30. The molecule has 0 aliphatic carbocycles. The SMILES string of the molecule is O=S(=O)(c1ccc(Cl)cc1)N1CC=C(c2ccc(F)cc2)CC1. The molecule has 1 aliphatic heterocycles. The minimum Gasteiger partial charge on any atom is -0.207 e. The highest BCUT2D eigenvalue weighted by molar-refractivity contribution is 7.89. The van der Waals surface area contributed by atoms with Gasteiger partial charge in [0.2, 0.25) is 10.0 Å². The van der Waals surface area contributed by atoms with E-state index in [1.165, 1.54) is 28.6 Å². The lowest BCUT2D eigenvalue weighted by atomic mass is 10.0. The Labute approximate surface area is 140 Å². The lowest BCUT2D eigenvalue weighted by Crippen LogP contribution is -2.34. The Balaban J connectivity index is 1.79. The highest BCUT2D eigenvalue weighted by atomic mass is 35.5. The van der Waals surface area contributed by atoms with E-state index in [0.29, 0.717) is 24.5 Å². The third-order valence-corrected chi connectivity index (χ3v) is 5.97. The van der Waals surface area contributed by atoms with Gasteiger partial charge >= 0.3 is 0 Å². The van der Waals surface area contributed by atoms with E-state index in [1.54, 1.807) is 24.3 Å². The molecule has 2 aromatic carbocycles.